The lowest BCUT2D eigenvalue weighted by molar-refractivity contribution is -0.146. The molecule has 0 saturated heterocycles. The zero-order chi connectivity index (χ0) is 20.1. The molecule has 0 spiro atoms. The predicted molar refractivity (Wildman–Crippen MR) is 108 cm³/mol. The van der Waals surface area contributed by atoms with Gasteiger partial charge in [0.25, 0.3) is 0 Å². The standard InChI is InChI=1S/C21H28N2O4S/c1-13-18-11-10-17(12-19(18)23(2)20(13)14-4-5-14)28(25,26)22-16-8-6-15(7-9-16)21(24)27-3/h10-12,14-16,22H,4-9H2,1-3H3/t15-,16-. The number of hydrogen-bond acceptors (Lipinski definition) is 4. The summed E-state index contributed by atoms with van der Waals surface area (Å²) in [6.07, 6.45) is 5.03. The van der Waals surface area contributed by atoms with E-state index in [1.54, 1.807) is 12.1 Å². The molecule has 2 aliphatic carbocycles. The number of methoxy groups -OCH3 is 1. The molecular weight excluding hydrogens is 376 g/mol. The van der Waals surface area contributed by atoms with Gasteiger partial charge < -0.3 is 9.30 Å². The molecule has 0 aliphatic heterocycles. The molecule has 2 aromatic rings. The van der Waals surface area contributed by atoms with Crippen molar-refractivity contribution in [3.8, 4) is 0 Å². The normalized spacial score (nSPS) is 23.1. The van der Waals surface area contributed by atoms with Crippen LogP contribution in [-0.4, -0.2) is 32.1 Å². The molecule has 0 radical (unpaired) electrons. The van der Waals surface area contributed by atoms with E-state index in [0.29, 0.717) is 36.5 Å². The van der Waals surface area contributed by atoms with Crippen LogP contribution in [0.15, 0.2) is 23.1 Å². The molecule has 28 heavy (non-hydrogen) atoms. The van der Waals surface area contributed by atoms with Gasteiger partial charge in [0.15, 0.2) is 0 Å². The number of ether oxygens (including phenoxy) is 1. The van der Waals surface area contributed by atoms with Gasteiger partial charge in [-0.2, -0.15) is 0 Å². The third kappa shape index (κ3) is 3.46. The lowest BCUT2D eigenvalue weighted by atomic mass is 9.86. The molecule has 0 atom stereocenters. The van der Waals surface area contributed by atoms with Gasteiger partial charge in [-0.25, -0.2) is 13.1 Å². The monoisotopic (exact) mass is 404 g/mol. The molecule has 2 saturated carbocycles. The Morgan fingerprint density at radius 2 is 1.82 bits per heavy atom. The Balaban J connectivity index is 1.54. The molecule has 1 aromatic carbocycles. The molecule has 2 fully saturated rings. The van der Waals surface area contributed by atoms with Crippen LogP contribution in [0.3, 0.4) is 0 Å². The first kappa shape index (κ1) is 19.5. The first-order chi connectivity index (χ1) is 13.3. The van der Waals surface area contributed by atoms with Gasteiger partial charge in [0.2, 0.25) is 10.0 Å². The van der Waals surface area contributed by atoms with Crippen LogP contribution in [0.25, 0.3) is 10.9 Å². The zero-order valence-corrected chi connectivity index (χ0v) is 17.5. The highest BCUT2D eigenvalue weighted by molar-refractivity contribution is 7.89. The number of aromatic nitrogens is 1. The van der Waals surface area contributed by atoms with Crippen LogP contribution in [0.4, 0.5) is 0 Å². The van der Waals surface area contributed by atoms with Gasteiger partial charge >= 0.3 is 5.97 Å². The van der Waals surface area contributed by atoms with Crippen LogP contribution in [0.1, 0.15) is 55.7 Å². The maximum atomic E-state index is 13.0. The third-order valence-corrected chi connectivity index (χ3v) is 7.86. The topological polar surface area (TPSA) is 77.4 Å². The molecule has 0 amide bonds. The number of esters is 1. The Bertz CT molecular complexity index is 1010. The SMILES string of the molecule is COC(=O)[C@H]1CC[C@H](NS(=O)(=O)c2ccc3c(C)c(C4CC4)n(C)c3c2)CC1. The average molecular weight is 405 g/mol. The number of carbonyl (C=O) groups is 1. The van der Waals surface area contributed by atoms with Crippen molar-refractivity contribution in [2.24, 2.45) is 13.0 Å². The predicted octanol–water partition coefficient (Wildman–Crippen LogP) is 3.37. The fraction of sp³-hybridized carbons (Fsp3) is 0.571. The van der Waals surface area contributed by atoms with Gasteiger partial charge in [0.1, 0.15) is 0 Å². The first-order valence-corrected chi connectivity index (χ1v) is 11.5. The van der Waals surface area contributed by atoms with E-state index in [0.717, 1.165) is 10.9 Å². The molecule has 0 bridgehead atoms. The smallest absolute Gasteiger partial charge is 0.308 e. The van der Waals surface area contributed by atoms with Crippen molar-refractivity contribution in [2.75, 3.05) is 7.11 Å². The van der Waals surface area contributed by atoms with E-state index >= 15 is 0 Å². The van der Waals surface area contributed by atoms with Crippen molar-refractivity contribution in [3.05, 3.63) is 29.5 Å². The highest BCUT2D eigenvalue weighted by atomic mass is 32.2. The van der Waals surface area contributed by atoms with E-state index in [1.165, 1.54) is 31.2 Å². The lowest BCUT2D eigenvalue weighted by Crippen LogP contribution is -2.38. The number of rotatable bonds is 5. The van der Waals surface area contributed by atoms with Crippen molar-refractivity contribution < 1.29 is 17.9 Å². The summed E-state index contributed by atoms with van der Waals surface area (Å²) >= 11 is 0. The van der Waals surface area contributed by atoms with Gasteiger partial charge in [-0.05, 0) is 69.1 Å². The minimum Gasteiger partial charge on any atom is -0.469 e. The lowest BCUT2D eigenvalue weighted by Gasteiger charge is -2.27. The minimum absolute atomic E-state index is 0.116. The van der Waals surface area contributed by atoms with Gasteiger partial charge in [-0.1, -0.05) is 6.07 Å². The van der Waals surface area contributed by atoms with Gasteiger partial charge in [-0.3, -0.25) is 4.79 Å². The Morgan fingerprint density at radius 3 is 2.43 bits per heavy atom. The number of nitrogens with one attached hydrogen (secondary N) is 1. The summed E-state index contributed by atoms with van der Waals surface area (Å²) < 4.78 is 35.7. The van der Waals surface area contributed by atoms with Crippen molar-refractivity contribution in [3.63, 3.8) is 0 Å². The molecule has 7 heteroatoms. The average Bonchev–Trinajstić information content (AvgIpc) is 3.48. The van der Waals surface area contributed by atoms with E-state index in [9.17, 15) is 13.2 Å². The molecule has 1 heterocycles. The Kier molecular flexibility index (Phi) is 5.00. The summed E-state index contributed by atoms with van der Waals surface area (Å²) in [5.74, 6) is 0.298. The van der Waals surface area contributed by atoms with Gasteiger partial charge in [0, 0.05) is 29.7 Å². The van der Waals surface area contributed by atoms with E-state index in [-0.39, 0.29) is 17.9 Å². The molecule has 4 rings (SSSR count). The number of hydrogen-bond donors (Lipinski definition) is 1. The Hall–Kier alpha value is -1.86. The second-order valence-corrected chi connectivity index (χ2v) is 9.93. The van der Waals surface area contributed by atoms with Crippen molar-refractivity contribution in [1.82, 2.24) is 9.29 Å². The Labute approximate surface area is 166 Å². The largest absolute Gasteiger partial charge is 0.469 e. The number of fused-ring (bicyclic) bond motifs is 1. The first-order valence-electron chi connectivity index (χ1n) is 10.0. The molecule has 1 aromatic heterocycles. The molecule has 0 unspecified atom stereocenters. The van der Waals surface area contributed by atoms with Crippen LogP contribution in [-0.2, 0) is 26.6 Å². The minimum atomic E-state index is -3.60. The molecule has 1 N–H and O–H groups in total. The second-order valence-electron chi connectivity index (χ2n) is 8.22. The van der Waals surface area contributed by atoms with E-state index in [2.05, 4.69) is 16.2 Å². The fourth-order valence-electron chi connectivity index (χ4n) is 4.63. The summed E-state index contributed by atoms with van der Waals surface area (Å²) in [6.45, 7) is 2.13. The summed E-state index contributed by atoms with van der Waals surface area (Å²) in [4.78, 5) is 12.0. The molecule has 2 aliphatic rings. The molecule has 6 nitrogen and oxygen atoms in total. The second kappa shape index (κ2) is 7.19. The summed E-state index contributed by atoms with van der Waals surface area (Å²) in [5, 5.41) is 1.13. The van der Waals surface area contributed by atoms with Crippen molar-refractivity contribution in [1.29, 1.82) is 0 Å². The number of benzene rings is 1. The van der Waals surface area contributed by atoms with Crippen molar-refractivity contribution >= 4 is 26.9 Å². The Morgan fingerprint density at radius 1 is 1.14 bits per heavy atom. The quantitative estimate of drug-likeness (QED) is 0.775. The zero-order valence-electron chi connectivity index (χ0n) is 16.7. The van der Waals surface area contributed by atoms with Crippen LogP contribution in [0.5, 0.6) is 0 Å². The van der Waals surface area contributed by atoms with Gasteiger partial charge in [-0.15, -0.1) is 0 Å². The highest BCUT2D eigenvalue weighted by Gasteiger charge is 2.31. The van der Waals surface area contributed by atoms with Crippen LogP contribution in [0.2, 0.25) is 0 Å². The molecular formula is C21H28N2O4S. The van der Waals surface area contributed by atoms with Crippen LogP contribution >= 0.6 is 0 Å². The summed E-state index contributed by atoms with van der Waals surface area (Å²) in [5.41, 5.74) is 3.56. The van der Waals surface area contributed by atoms with Crippen LogP contribution in [0, 0.1) is 12.8 Å². The number of carbonyl (C=O) groups excluding carboxylic acids is 1. The molecule has 152 valence electrons. The van der Waals surface area contributed by atoms with Crippen molar-refractivity contribution in [2.45, 2.75) is 62.3 Å². The van der Waals surface area contributed by atoms with E-state index < -0.39 is 10.0 Å². The fourth-order valence-corrected chi connectivity index (χ4v) is 5.96. The van der Waals surface area contributed by atoms with Crippen LogP contribution < -0.4 is 4.72 Å². The summed E-state index contributed by atoms with van der Waals surface area (Å²) in [7, 11) is -0.174. The maximum Gasteiger partial charge on any atom is 0.308 e. The summed E-state index contributed by atoms with van der Waals surface area (Å²) in [6, 6.07) is 5.28. The van der Waals surface area contributed by atoms with E-state index in [4.69, 9.17) is 4.74 Å². The van der Waals surface area contributed by atoms with Gasteiger partial charge in [0.05, 0.1) is 17.9 Å². The number of sulfonamides is 1. The van der Waals surface area contributed by atoms with E-state index in [1.807, 2.05) is 13.1 Å². The number of nitrogens with zero attached hydrogens (tertiary/aromatic N) is 1. The number of aryl methyl sites for hydroxylation is 2. The maximum absolute atomic E-state index is 13.0. The third-order valence-electron chi connectivity index (χ3n) is 6.34. The highest BCUT2D eigenvalue weighted by Crippen LogP contribution is 2.44.